The molecule has 1 fully saturated rings. The number of carbonyl (C=O) groups excluding carboxylic acids is 1. The van der Waals surface area contributed by atoms with Crippen LogP contribution in [0.15, 0.2) is 0 Å². The summed E-state index contributed by atoms with van der Waals surface area (Å²) in [5.74, 6) is 1.46. The Morgan fingerprint density at radius 2 is 2.00 bits per heavy atom. The van der Waals surface area contributed by atoms with Crippen molar-refractivity contribution < 1.29 is 9.90 Å². The minimum atomic E-state index is 0.181. The molecule has 0 bridgehead atoms. The van der Waals surface area contributed by atoms with Crippen molar-refractivity contribution >= 4 is 5.91 Å². The molecule has 17 heavy (non-hydrogen) atoms. The fraction of sp³-hybridized carbons (Fsp3) is 0.929. The zero-order valence-corrected chi connectivity index (χ0v) is 11.1. The number of hydrogen-bond donors (Lipinski definition) is 2. The third-order valence-corrected chi connectivity index (χ3v) is 3.87. The number of aliphatic hydroxyl groups excluding tert-OH is 1. The molecule has 1 atom stereocenters. The summed E-state index contributed by atoms with van der Waals surface area (Å²) in [6.45, 7) is 3.13. The maximum Gasteiger partial charge on any atom is 0.220 e. The van der Waals surface area contributed by atoms with E-state index >= 15 is 0 Å². The predicted molar refractivity (Wildman–Crippen MR) is 69.7 cm³/mol. The number of rotatable bonds is 7. The fourth-order valence-corrected chi connectivity index (χ4v) is 2.70. The minimum absolute atomic E-state index is 0.181. The van der Waals surface area contributed by atoms with Crippen molar-refractivity contribution in [1.29, 1.82) is 0 Å². The van der Waals surface area contributed by atoms with Gasteiger partial charge in [-0.15, -0.1) is 0 Å². The number of hydrogen-bond acceptors (Lipinski definition) is 2. The van der Waals surface area contributed by atoms with Gasteiger partial charge in [0.2, 0.25) is 5.91 Å². The summed E-state index contributed by atoms with van der Waals surface area (Å²) in [6, 6.07) is 0. The number of nitrogens with one attached hydrogen (secondary N) is 1. The summed E-state index contributed by atoms with van der Waals surface area (Å²) in [5.41, 5.74) is 0. The fourth-order valence-electron chi connectivity index (χ4n) is 2.70. The molecule has 3 heteroatoms. The van der Waals surface area contributed by atoms with Crippen molar-refractivity contribution in [1.82, 2.24) is 5.32 Å². The van der Waals surface area contributed by atoms with Crippen molar-refractivity contribution in [2.24, 2.45) is 11.8 Å². The number of amides is 1. The summed E-state index contributed by atoms with van der Waals surface area (Å²) in [4.78, 5) is 11.7. The molecular weight excluding hydrogens is 214 g/mol. The molecule has 0 unspecified atom stereocenters. The molecule has 1 aliphatic rings. The van der Waals surface area contributed by atoms with Gasteiger partial charge in [-0.3, -0.25) is 4.79 Å². The molecule has 0 aromatic heterocycles. The molecule has 0 aromatic rings. The van der Waals surface area contributed by atoms with Crippen LogP contribution in [0.25, 0.3) is 0 Å². The Labute approximate surface area is 105 Å². The van der Waals surface area contributed by atoms with E-state index in [4.69, 9.17) is 5.11 Å². The van der Waals surface area contributed by atoms with E-state index in [0.717, 1.165) is 18.8 Å². The second-order valence-electron chi connectivity index (χ2n) is 5.36. The molecule has 0 radical (unpaired) electrons. The van der Waals surface area contributed by atoms with Crippen LogP contribution in [0.2, 0.25) is 0 Å². The van der Waals surface area contributed by atoms with Crippen LogP contribution in [0.5, 0.6) is 0 Å². The van der Waals surface area contributed by atoms with Gasteiger partial charge in [-0.25, -0.2) is 0 Å². The second kappa shape index (κ2) is 8.51. The molecule has 0 saturated heterocycles. The van der Waals surface area contributed by atoms with Crippen LogP contribution in [0, 0.1) is 11.8 Å². The lowest BCUT2D eigenvalue weighted by Crippen LogP contribution is -2.28. The van der Waals surface area contributed by atoms with E-state index < -0.39 is 0 Å². The first-order valence-electron chi connectivity index (χ1n) is 7.11. The van der Waals surface area contributed by atoms with Crippen molar-refractivity contribution in [3.63, 3.8) is 0 Å². The zero-order valence-electron chi connectivity index (χ0n) is 11.1. The van der Waals surface area contributed by atoms with E-state index in [1.165, 1.54) is 32.1 Å². The number of aliphatic hydroxyl groups is 1. The van der Waals surface area contributed by atoms with Crippen molar-refractivity contribution in [3.05, 3.63) is 0 Å². The SMILES string of the molecule is C[C@@H](CC(=O)NCCCCO)C1CCCCC1. The first-order chi connectivity index (χ1) is 8.24. The third kappa shape index (κ3) is 6.06. The van der Waals surface area contributed by atoms with Gasteiger partial charge >= 0.3 is 0 Å². The Morgan fingerprint density at radius 1 is 1.29 bits per heavy atom. The van der Waals surface area contributed by atoms with Gasteiger partial charge in [0, 0.05) is 19.6 Å². The highest BCUT2D eigenvalue weighted by molar-refractivity contribution is 5.76. The number of carbonyl (C=O) groups is 1. The van der Waals surface area contributed by atoms with Crippen molar-refractivity contribution in [2.75, 3.05) is 13.2 Å². The van der Waals surface area contributed by atoms with Crippen LogP contribution in [-0.4, -0.2) is 24.2 Å². The second-order valence-corrected chi connectivity index (χ2v) is 5.36. The summed E-state index contributed by atoms with van der Waals surface area (Å²) in [6.07, 6.45) is 8.98. The van der Waals surface area contributed by atoms with Gasteiger partial charge in [0.15, 0.2) is 0 Å². The molecule has 0 aromatic carbocycles. The normalized spacial score (nSPS) is 18.9. The summed E-state index contributed by atoms with van der Waals surface area (Å²) in [5, 5.41) is 11.6. The maximum absolute atomic E-state index is 11.7. The lowest BCUT2D eigenvalue weighted by Gasteiger charge is -2.27. The van der Waals surface area contributed by atoms with Gasteiger partial charge in [-0.1, -0.05) is 39.0 Å². The Hall–Kier alpha value is -0.570. The van der Waals surface area contributed by atoms with E-state index in [2.05, 4.69) is 12.2 Å². The highest BCUT2D eigenvalue weighted by Crippen LogP contribution is 2.31. The summed E-state index contributed by atoms with van der Waals surface area (Å²) >= 11 is 0. The van der Waals surface area contributed by atoms with Gasteiger partial charge in [0.1, 0.15) is 0 Å². The highest BCUT2D eigenvalue weighted by atomic mass is 16.2. The molecule has 1 aliphatic carbocycles. The van der Waals surface area contributed by atoms with Gasteiger partial charge in [-0.2, -0.15) is 0 Å². The monoisotopic (exact) mass is 241 g/mol. The van der Waals surface area contributed by atoms with Crippen molar-refractivity contribution in [3.8, 4) is 0 Å². The lowest BCUT2D eigenvalue weighted by molar-refractivity contribution is -0.122. The smallest absolute Gasteiger partial charge is 0.220 e. The predicted octanol–water partition coefficient (Wildman–Crippen LogP) is 2.48. The summed E-state index contributed by atoms with van der Waals surface area (Å²) in [7, 11) is 0. The molecule has 0 aliphatic heterocycles. The molecule has 100 valence electrons. The maximum atomic E-state index is 11.7. The zero-order chi connectivity index (χ0) is 12.5. The van der Waals surface area contributed by atoms with Crippen molar-refractivity contribution in [2.45, 2.75) is 58.3 Å². The Balaban J connectivity index is 2.11. The summed E-state index contributed by atoms with van der Waals surface area (Å²) < 4.78 is 0. The molecular formula is C14H27NO2. The standard InChI is InChI=1S/C14H27NO2/c1-12(13-7-3-2-4-8-13)11-14(17)15-9-5-6-10-16/h12-13,16H,2-11H2,1H3,(H,15,17)/t12-/m0/s1. The molecule has 0 spiro atoms. The highest BCUT2D eigenvalue weighted by Gasteiger charge is 2.21. The van der Waals surface area contributed by atoms with E-state index in [9.17, 15) is 4.79 Å². The molecule has 1 amide bonds. The topological polar surface area (TPSA) is 49.3 Å². The Kier molecular flexibility index (Phi) is 7.25. The van der Waals surface area contributed by atoms with E-state index in [1.807, 2.05) is 0 Å². The molecule has 2 N–H and O–H groups in total. The number of unbranched alkanes of at least 4 members (excludes halogenated alkanes) is 1. The molecule has 3 nitrogen and oxygen atoms in total. The molecule has 1 rings (SSSR count). The first kappa shape index (κ1) is 14.5. The largest absolute Gasteiger partial charge is 0.396 e. The quantitative estimate of drug-likeness (QED) is 0.673. The van der Waals surface area contributed by atoms with Gasteiger partial charge in [0.25, 0.3) is 0 Å². The average molecular weight is 241 g/mol. The van der Waals surface area contributed by atoms with Gasteiger partial charge < -0.3 is 10.4 Å². The van der Waals surface area contributed by atoms with E-state index in [-0.39, 0.29) is 12.5 Å². The van der Waals surface area contributed by atoms with Gasteiger partial charge in [-0.05, 0) is 24.7 Å². The first-order valence-corrected chi connectivity index (χ1v) is 7.11. The van der Waals surface area contributed by atoms with E-state index in [0.29, 0.717) is 18.9 Å². The van der Waals surface area contributed by atoms with Crippen LogP contribution in [0.3, 0.4) is 0 Å². The van der Waals surface area contributed by atoms with Crippen LogP contribution >= 0.6 is 0 Å². The van der Waals surface area contributed by atoms with Crippen LogP contribution in [0.4, 0.5) is 0 Å². The Morgan fingerprint density at radius 3 is 2.65 bits per heavy atom. The Bertz CT molecular complexity index is 212. The third-order valence-electron chi connectivity index (χ3n) is 3.87. The van der Waals surface area contributed by atoms with Gasteiger partial charge in [0.05, 0.1) is 0 Å². The molecule has 0 heterocycles. The average Bonchev–Trinajstić information content (AvgIpc) is 2.36. The van der Waals surface area contributed by atoms with E-state index in [1.54, 1.807) is 0 Å². The van der Waals surface area contributed by atoms with Crippen LogP contribution < -0.4 is 5.32 Å². The lowest BCUT2D eigenvalue weighted by atomic mass is 9.79. The van der Waals surface area contributed by atoms with Crippen LogP contribution in [0.1, 0.15) is 58.3 Å². The van der Waals surface area contributed by atoms with Crippen LogP contribution in [-0.2, 0) is 4.79 Å². The molecule has 1 saturated carbocycles. The minimum Gasteiger partial charge on any atom is -0.396 e.